The van der Waals surface area contributed by atoms with Crippen molar-refractivity contribution in [3.63, 3.8) is 0 Å². The second kappa shape index (κ2) is 9.82. The lowest BCUT2D eigenvalue weighted by Crippen LogP contribution is -2.36. The van der Waals surface area contributed by atoms with Crippen molar-refractivity contribution in [2.75, 3.05) is 41.8 Å². The zero-order valence-electron chi connectivity index (χ0n) is 19.2. The first-order chi connectivity index (χ1) is 17.1. The van der Waals surface area contributed by atoms with E-state index in [1.165, 1.54) is 0 Å². The summed E-state index contributed by atoms with van der Waals surface area (Å²) < 4.78 is 5.40. The number of rotatable bonds is 6. The van der Waals surface area contributed by atoms with Crippen molar-refractivity contribution < 1.29 is 9.53 Å². The molecule has 35 heavy (non-hydrogen) atoms. The molecule has 0 atom stereocenters. The highest BCUT2D eigenvalue weighted by atomic mass is 16.5. The Kier molecular flexibility index (Phi) is 6.27. The van der Waals surface area contributed by atoms with Crippen LogP contribution in [-0.2, 0) is 9.53 Å². The van der Waals surface area contributed by atoms with Gasteiger partial charge in [-0.1, -0.05) is 6.58 Å². The Morgan fingerprint density at radius 1 is 1.00 bits per heavy atom. The Morgan fingerprint density at radius 3 is 2.60 bits per heavy atom. The summed E-state index contributed by atoms with van der Waals surface area (Å²) in [6, 6.07) is 9.23. The van der Waals surface area contributed by atoms with E-state index in [1.807, 2.05) is 18.2 Å². The van der Waals surface area contributed by atoms with Crippen LogP contribution in [0.4, 0.5) is 23.1 Å². The first-order valence-electron chi connectivity index (χ1n) is 11.2. The number of amides is 1. The van der Waals surface area contributed by atoms with E-state index in [1.54, 1.807) is 43.8 Å². The summed E-state index contributed by atoms with van der Waals surface area (Å²) in [4.78, 5) is 36.8. The molecule has 1 amide bonds. The number of hydrogen-bond donors (Lipinski definition) is 2. The SMILES string of the molecule is C=C(C)C(=O)Nc1ccnc(-c2nccc3cnc(Nc4ccc(N5CCOCC5)nc4)nc23)c1. The van der Waals surface area contributed by atoms with Crippen molar-refractivity contribution in [2.45, 2.75) is 6.92 Å². The van der Waals surface area contributed by atoms with E-state index in [0.29, 0.717) is 47.3 Å². The Hall–Kier alpha value is -4.44. The van der Waals surface area contributed by atoms with Crippen molar-refractivity contribution in [1.29, 1.82) is 0 Å². The number of anilines is 4. The maximum atomic E-state index is 12.0. The summed E-state index contributed by atoms with van der Waals surface area (Å²) >= 11 is 0. The first-order valence-corrected chi connectivity index (χ1v) is 11.2. The van der Waals surface area contributed by atoms with Gasteiger partial charge in [-0.3, -0.25) is 14.8 Å². The van der Waals surface area contributed by atoms with Crippen LogP contribution < -0.4 is 15.5 Å². The maximum absolute atomic E-state index is 12.0. The molecule has 1 saturated heterocycles. The Bertz CT molecular complexity index is 1380. The minimum atomic E-state index is -0.255. The van der Waals surface area contributed by atoms with E-state index in [-0.39, 0.29) is 5.91 Å². The summed E-state index contributed by atoms with van der Waals surface area (Å²) in [5.41, 5.74) is 3.59. The van der Waals surface area contributed by atoms with Gasteiger partial charge >= 0.3 is 0 Å². The summed E-state index contributed by atoms with van der Waals surface area (Å²) in [6.45, 7) is 8.40. The van der Waals surface area contributed by atoms with Crippen molar-refractivity contribution in [3.05, 3.63) is 67.3 Å². The van der Waals surface area contributed by atoms with E-state index < -0.39 is 0 Å². The fraction of sp³-hybridized carbons (Fsp3) is 0.200. The van der Waals surface area contributed by atoms with Gasteiger partial charge in [-0.15, -0.1) is 0 Å². The van der Waals surface area contributed by atoms with Crippen LogP contribution in [0, 0.1) is 0 Å². The maximum Gasteiger partial charge on any atom is 0.250 e. The Morgan fingerprint density at radius 2 is 1.83 bits per heavy atom. The zero-order valence-corrected chi connectivity index (χ0v) is 19.2. The molecule has 2 N–H and O–H groups in total. The Balaban J connectivity index is 1.41. The molecule has 0 aliphatic carbocycles. The molecule has 10 heteroatoms. The van der Waals surface area contributed by atoms with Crippen LogP contribution in [-0.4, -0.2) is 57.1 Å². The predicted molar refractivity (Wildman–Crippen MR) is 135 cm³/mol. The van der Waals surface area contributed by atoms with Gasteiger partial charge in [0.05, 0.1) is 30.8 Å². The first kappa shape index (κ1) is 22.4. The summed E-state index contributed by atoms with van der Waals surface area (Å²) in [5, 5.41) is 6.83. The molecular formula is C25H24N8O2. The molecule has 0 radical (unpaired) electrons. The lowest BCUT2D eigenvalue weighted by atomic mass is 10.1. The van der Waals surface area contributed by atoms with E-state index in [2.05, 4.69) is 42.0 Å². The van der Waals surface area contributed by atoms with Gasteiger partial charge in [-0.05, 0) is 37.3 Å². The third-order valence-electron chi connectivity index (χ3n) is 5.49. The van der Waals surface area contributed by atoms with Crippen LogP contribution in [0.2, 0.25) is 0 Å². The number of aromatic nitrogens is 5. The normalized spacial score (nSPS) is 13.5. The molecule has 4 aromatic heterocycles. The van der Waals surface area contributed by atoms with Crippen LogP contribution in [0.5, 0.6) is 0 Å². The van der Waals surface area contributed by atoms with Gasteiger partial charge in [0, 0.05) is 48.3 Å². The van der Waals surface area contributed by atoms with Crippen LogP contribution in [0.3, 0.4) is 0 Å². The molecule has 1 aliphatic rings. The van der Waals surface area contributed by atoms with E-state index >= 15 is 0 Å². The molecule has 176 valence electrons. The van der Waals surface area contributed by atoms with Crippen LogP contribution in [0.15, 0.2) is 67.3 Å². The van der Waals surface area contributed by atoms with Crippen molar-refractivity contribution >= 4 is 40.0 Å². The number of nitrogens with one attached hydrogen (secondary N) is 2. The monoisotopic (exact) mass is 468 g/mol. The van der Waals surface area contributed by atoms with Gasteiger partial charge in [0.2, 0.25) is 5.95 Å². The van der Waals surface area contributed by atoms with Crippen LogP contribution in [0.1, 0.15) is 6.92 Å². The third kappa shape index (κ3) is 5.07. The molecular weight excluding hydrogens is 444 g/mol. The zero-order chi connectivity index (χ0) is 24.2. The average molecular weight is 469 g/mol. The summed E-state index contributed by atoms with van der Waals surface area (Å²) in [5.74, 6) is 1.07. The average Bonchev–Trinajstić information content (AvgIpc) is 2.89. The standard InChI is InChI=1S/C25H24N8O2/c1-16(2)24(34)30-18-6-8-26-20(13-18)23-22-17(5-7-27-23)14-29-25(32-22)31-19-3-4-21(28-15-19)33-9-11-35-12-10-33/h3-8,13-15H,1,9-12H2,2H3,(H,26,30,34)(H,29,31,32). The molecule has 0 spiro atoms. The molecule has 10 nitrogen and oxygen atoms in total. The van der Waals surface area contributed by atoms with Crippen LogP contribution in [0.25, 0.3) is 22.3 Å². The minimum absolute atomic E-state index is 0.255. The molecule has 4 aromatic rings. The van der Waals surface area contributed by atoms with Gasteiger partial charge in [-0.25, -0.2) is 15.0 Å². The third-order valence-corrected chi connectivity index (χ3v) is 5.49. The quantitative estimate of drug-likeness (QED) is 0.409. The number of morpholine rings is 1. The fourth-order valence-electron chi connectivity index (χ4n) is 3.65. The summed E-state index contributed by atoms with van der Waals surface area (Å²) in [7, 11) is 0. The van der Waals surface area contributed by atoms with Crippen molar-refractivity contribution in [2.24, 2.45) is 0 Å². The second-order valence-corrected chi connectivity index (χ2v) is 8.08. The molecule has 5 rings (SSSR count). The summed E-state index contributed by atoms with van der Waals surface area (Å²) in [6.07, 6.45) is 6.80. The number of ether oxygens (including phenoxy) is 1. The second-order valence-electron chi connectivity index (χ2n) is 8.08. The lowest BCUT2D eigenvalue weighted by molar-refractivity contribution is -0.112. The van der Waals surface area contributed by atoms with E-state index in [4.69, 9.17) is 9.72 Å². The number of pyridine rings is 3. The molecule has 1 fully saturated rings. The minimum Gasteiger partial charge on any atom is -0.378 e. The Labute approximate surface area is 202 Å². The number of hydrogen-bond acceptors (Lipinski definition) is 9. The van der Waals surface area contributed by atoms with Gasteiger partial charge in [-0.2, -0.15) is 0 Å². The number of carbonyl (C=O) groups excluding carboxylic acids is 1. The molecule has 0 bridgehead atoms. The van der Waals surface area contributed by atoms with E-state index in [0.717, 1.165) is 30.0 Å². The lowest BCUT2D eigenvalue weighted by Gasteiger charge is -2.27. The number of fused-ring (bicyclic) bond motifs is 1. The number of carbonyl (C=O) groups is 1. The highest BCUT2D eigenvalue weighted by molar-refractivity contribution is 6.03. The molecule has 1 aliphatic heterocycles. The van der Waals surface area contributed by atoms with Gasteiger partial charge in [0.15, 0.2) is 0 Å². The topological polar surface area (TPSA) is 118 Å². The number of nitrogens with zero attached hydrogens (tertiary/aromatic N) is 6. The molecule has 5 heterocycles. The van der Waals surface area contributed by atoms with Crippen LogP contribution >= 0.6 is 0 Å². The van der Waals surface area contributed by atoms with Crippen molar-refractivity contribution in [3.8, 4) is 11.4 Å². The highest BCUT2D eigenvalue weighted by Crippen LogP contribution is 2.26. The predicted octanol–water partition coefficient (Wildman–Crippen LogP) is 3.58. The molecule has 0 saturated carbocycles. The van der Waals surface area contributed by atoms with Gasteiger partial charge in [0.25, 0.3) is 5.91 Å². The van der Waals surface area contributed by atoms with Gasteiger partial charge in [0.1, 0.15) is 17.0 Å². The highest BCUT2D eigenvalue weighted by Gasteiger charge is 2.14. The molecule has 0 aromatic carbocycles. The van der Waals surface area contributed by atoms with Crippen molar-refractivity contribution in [1.82, 2.24) is 24.9 Å². The molecule has 0 unspecified atom stereocenters. The largest absolute Gasteiger partial charge is 0.378 e. The smallest absolute Gasteiger partial charge is 0.250 e. The fourth-order valence-corrected chi connectivity index (χ4v) is 3.65. The van der Waals surface area contributed by atoms with Gasteiger partial charge < -0.3 is 20.3 Å². The van der Waals surface area contributed by atoms with E-state index in [9.17, 15) is 4.79 Å².